The average molecular weight is 394 g/mol. The van der Waals surface area contributed by atoms with Crippen molar-refractivity contribution >= 4 is 22.5 Å². The van der Waals surface area contributed by atoms with E-state index in [-0.39, 0.29) is 19.5 Å². The minimum atomic E-state index is -4.70. The Labute approximate surface area is 157 Å². The number of nitrogens with zero attached hydrogens (tertiary/aromatic N) is 2. The monoisotopic (exact) mass is 394 g/mol. The van der Waals surface area contributed by atoms with E-state index in [4.69, 9.17) is 5.73 Å². The summed E-state index contributed by atoms with van der Waals surface area (Å²) in [6.45, 7) is 3.37. The van der Waals surface area contributed by atoms with Gasteiger partial charge in [0.15, 0.2) is 0 Å². The van der Waals surface area contributed by atoms with Crippen LogP contribution in [-0.2, 0) is 17.8 Å². The second kappa shape index (κ2) is 5.83. The number of benzene rings is 1. The first-order chi connectivity index (χ1) is 13.0. The molecule has 0 saturated heterocycles. The van der Waals surface area contributed by atoms with Gasteiger partial charge in [0, 0.05) is 29.6 Å². The predicted molar refractivity (Wildman–Crippen MR) is 96.3 cm³/mol. The summed E-state index contributed by atoms with van der Waals surface area (Å²) < 4.78 is 53.8. The van der Waals surface area contributed by atoms with Gasteiger partial charge >= 0.3 is 6.18 Å². The molecule has 2 aliphatic heterocycles. The molecule has 0 saturated carbocycles. The number of nitrogens with two attached hydrogens (primary N) is 1. The van der Waals surface area contributed by atoms with Crippen LogP contribution in [0.2, 0.25) is 0 Å². The van der Waals surface area contributed by atoms with Crippen molar-refractivity contribution in [3.8, 4) is 0 Å². The van der Waals surface area contributed by atoms with Crippen molar-refractivity contribution in [1.29, 1.82) is 0 Å². The summed E-state index contributed by atoms with van der Waals surface area (Å²) in [5.41, 5.74) is 5.59. The van der Waals surface area contributed by atoms with Crippen molar-refractivity contribution in [1.82, 2.24) is 9.88 Å². The van der Waals surface area contributed by atoms with Gasteiger partial charge in [-0.05, 0) is 31.6 Å². The third kappa shape index (κ3) is 2.68. The number of hydrogen-bond acceptors (Lipinski definition) is 3. The summed E-state index contributed by atoms with van der Waals surface area (Å²) >= 11 is 0. The lowest BCUT2D eigenvalue weighted by molar-refractivity contribution is -0.134. The molecule has 2 aromatic rings. The van der Waals surface area contributed by atoms with E-state index >= 15 is 0 Å². The molecular weight excluding hydrogens is 376 g/mol. The number of carbonyl (C=O) groups is 1. The zero-order valence-electron chi connectivity index (χ0n) is 15.2. The van der Waals surface area contributed by atoms with E-state index in [1.807, 2.05) is 6.92 Å². The third-order valence-electron chi connectivity index (χ3n) is 5.50. The topological polar surface area (TPSA) is 74.5 Å². The van der Waals surface area contributed by atoms with Gasteiger partial charge in [-0.15, -0.1) is 0 Å². The smallest absolute Gasteiger partial charge is 0.394 e. The molecule has 28 heavy (non-hydrogen) atoms. The van der Waals surface area contributed by atoms with Crippen LogP contribution in [-0.4, -0.2) is 39.8 Å². The maximum Gasteiger partial charge on any atom is 0.432 e. The Bertz CT molecular complexity index is 1070. The van der Waals surface area contributed by atoms with Crippen molar-refractivity contribution in [2.24, 2.45) is 10.7 Å². The number of aromatic amines is 1. The number of H-pyrrole nitrogens is 1. The van der Waals surface area contributed by atoms with Crippen LogP contribution in [0.3, 0.4) is 0 Å². The Morgan fingerprint density at radius 2 is 2.04 bits per heavy atom. The number of allylic oxidation sites excluding steroid dienone is 1. The number of aliphatic imine (C=N–C) groups is 1. The first-order valence-corrected chi connectivity index (χ1v) is 8.70. The first-order valence-electron chi connectivity index (χ1n) is 8.70. The van der Waals surface area contributed by atoms with Gasteiger partial charge in [-0.1, -0.05) is 6.07 Å². The van der Waals surface area contributed by atoms with Gasteiger partial charge in [-0.2, -0.15) is 13.2 Å². The van der Waals surface area contributed by atoms with Crippen LogP contribution in [0.4, 0.5) is 17.6 Å². The summed E-state index contributed by atoms with van der Waals surface area (Å²) in [7, 11) is 0. The molecule has 3 heterocycles. The fourth-order valence-corrected chi connectivity index (χ4v) is 4.02. The van der Waals surface area contributed by atoms with E-state index in [9.17, 15) is 22.4 Å². The Morgan fingerprint density at radius 3 is 2.71 bits per heavy atom. The number of hydrogen-bond donors (Lipinski definition) is 2. The number of aryl methyl sites for hydroxylation is 1. The van der Waals surface area contributed by atoms with Gasteiger partial charge in [0.05, 0.1) is 23.3 Å². The minimum Gasteiger partial charge on any atom is -0.394 e. The van der Waals surface area contributed by atoms with Crippen LogP contribution >= 0.6 is 0 Å². The molecule has 0 radical (unpaired) electrons. The van der Waals surface area contributed by atoms with Crippen LogP contribution in [0.25, 0.3) is 10.9 Å². The summed E-state index contributed by atoms with van der Waals surface area (Å²) in [6, 6.07) is 3.01. The highest BCUT2D eigenvalue weighted by Gasteiger charge is 2.45. The second-order valence-electron chi connectivity index (χ2n) is 7.56. The van der Waals surface area contributed by atoms with Gasteiger partial charge in [0.25, 0.3) is 5.91 Å². The Kier molecular flexibility index (Phi) is 3.85. The summed E-state index contributed by atoms with van der Waals surface area (Å²) in [4.78, 5) is 21.1. The molecule has 1 amide bonds. The lowest BCUT2D eigenvalue weighted by Crippen LogP contribution is -2.57. The molecule has 5 nitrogen and oxygen atoms in total. The first kappa shape index (κ1) is 18.5. The molecule has 4 rings (SSSR count). The molecular formula is C19H18F4N4O. The van der Waals surface area contributed by atoms with E-state index in [1.54, 1.807) is 13.0 Å². The van der Waals surface area contributed by atoms with Gasteiger partial charge in [0.2, 0.25) is 0 Å². The standard InChI is InChI=1S/C19H18F4N4O/c1-9-3-4-11(20)16-15(9)10-7-27-17(28)12(24)5-14(19(21,22)23)25-8-18(27,2)6-13(10)26-16/h3-5,26H,6-8,24H2,1-2H3. The van der Waals surface area contributed by atoms with Crippen LogP contribution < -0.4 is 5.73 Å². The van der Waals surface area contributed by atoms with Crippen LogP contribution in [0.1, 0.15) is 23.7 Å². The lowest BCUT2D eigenvalue weighted by atomic mass is 9.85. The maximum absolute atomic E-state index is 14.3. The zero-order valence-corrected chi connectivity index (χ0v) is 15.2. The summed E-state index contributed by atoms with van der Waals surface area (Å²) in [5, 5.41) is 0.689. The normalized spacial score (nSPS) is 22.9. The number of amides is 1. The second-order valence-corrected chi connectivity index (χ2v) is 7.56. The average Bonchev–Trinajstić information content (AvgIpc) is 2.97. The molecule has 0 aliphatic carbocycles. The van der Waals surface area contributed by atoms with E-state index in [0.29, 0.717) is 22.7 Å². The number of alkyl halides is 3. The molecule has 0 fully saturated rings. The summed E-state index contributed by atoms with van der Waals surface area (Å²) in [6.07, 6.45) is -3.91. The highest BCUT2D eigenvalue weighted by Crippen LogP contribution is 2.38. The maximum atomic E-state index is 14.3. The quantitative estimate of drug-likeness (QED) is 0.674. The SMILES string of the molecule is Cc1ccc(F)c2[nH]c3c(c12)CN1C(=O)C(N)=CC(C(F)(F)F)=NCC1(C)C3. The predicted octanol–water partition coefficient (Wildman–Crippen LogP) is 3.12. The highest BCUT2D eigenvalue weighted by atomic mass is 19.4. The minimum absolute atomic E-state index is 0.111. The Balaban J connectivity index is 1.87. The largest absolute Gasteiger partial charge is 0.432 e. The van der Waals surface area contributed by atoms with Gasteiger partial charge < -0.3 is 15.6 Å². The fourth-order valence-electron chi connectivity index (χ4n) is 4.02. The van der Waals surface area contributed by atoms with Gasteiger partial charge in [-0.3, -0.25) is 9.79 Å². The van der Waals surface area contributed by atoms with Crippen molar-refractivity contribution < 1.29 is 22.4 Å². The van der Waals surface area contributed by atoms with E-state index in [1.165, 1.54) is 11.0 Å². The van der Waals surface area contributed by atoms with Crippen molar-refractivity contribution in [2.45, 2.75) is 38.5 Å². The molecule has 0 bridgehead atoms. The Morgan fingerprint density at radius 1 is 1.32 bits per heavy atom. The van der Waals surface area contributed by atoms with Crippen molar-refractivity contribution in [2.75, 3.05) is 6.54 Å². The number of nitrogens with one attached hydrogen (secondary N) is 1. The van der Waals surface area contributed by atoms with Crippen LogP contribution in [0.5, 0.6) is 0 Å². The molecule has 1 aromatic carbocycles. The highest BCUT2D eigenvalue weighted by molar-refractivity contribution is 6.07. The molecule has 1 atom stereocenters. The number of carbonyl (C=O) groups excluding carboxylic acids is 1. The molecule has 9 heteroatoms. The number of fused-ring (bicyclic) bond motifs is 4. The molecule has 0 spiro atoms. The molecule has 1 unspecified atom stereocenters. The Hall–Kier alpha value is -2.84. The fraction of sp³-hybridized carbons (Fsp3) is 0.368. The lowest BCUT2D eigenvalue weighted by Gasteiger charge is -2.44. The molecule has 1 aromatic heterocycles. The number of rotatable bonds is 0. The van der Waals surface area contributed by atoms with Crippen molar-refractivity contribution in [3.05, 3.63) is 46.5 Å². The van der Waals surface area contributed by atoms with Crippen molar-refractivity contribution in [3.63, 3.8) is 0 Å². The number of aromatic nitrogens is 1. The molecule has 3 N–H and O–H groups in total. The zero-order chi connectivity index (χ0) is 20.4. The van der Waals surface area contributed by atoms with Crippen LogP contribution in [0, 0.1) is 12.7 Å². The summed E-state index contributed by atoms with van der Waals surface area (Å²) in [5.74, 6) is -1.11. The van der Waals surface area contributed by atoms with Crippen LogP contribution in [0.15, 0.2) is 28.9 Å². The number of halogens is 4. The van der Waals surface area contributed by atoms with E-state index in [2.05, 4.69) is 9.98 Å². The van der Waals surface area contributed by atoms with Gasteiger partial charge in [-0.25, -0.2) is 4.39 Å². The van der Waals surface area contributed by atoms with E-state index in [0.717, 1.165) is 11.1 Å². The van der Waals surface area contributed by atoms with Gasteiger partial charge in [0.1, 0.15) is 11.5 Å². The molecule has 2 aliphatic rings. The molecule has 148 valence electrons. The third-order valence-corrected chi connectivity index (χ3v) is 5.50. The van der Waals surface area contributed by atoms with E-state index < -0.39 is 34.8 Å².